The first kappa shape index (κ1) is 12.6. The van der Waals surface area contributed by atoms with Crippen LogP contribution in [0.4, 0.5) is 5.69 Å². The minimum Gasteiger partial charge on any atom is -0.391 e. The second-order valence-corrected chi connectivity index (χ2v) is 7.27. The smallest absolute Gasteiger partial charge is 0.271 e. The Morgan fingerprint density at radius 3 is 2.76 bits per heavy atom. The minimum absolute atomic E-state index is 0.134. The lowest BCUT2D eigenvalue weighted by molar-refractivity contribution is 0.285. The van der Waals surface area contributed by atoms with Crippen LogP contribution in [0.3, 0.4) is 0 Å². The first-order valence-electron chi connectivity index (χ1n) is 4.78. The maximum absolute atomic E-state index is 12.0. The van der Waals surface area contributed by atoms with Crippen LogP contribution >= 0.6 is 22.7 Å². The van der Waals surface area contributed by atoms with Crippen LogP contribution in [-0.4, -0.2) is 13.5 Å². The number of aryl methyl sites for hydroxylation is 1. The van der Waals surface area contributed by atoms with Crippen molar-refractivity contribution in [3.63, 3.8) is 0 Å². The van der Waals surface area contributed by atoms with Gasteiger partial charge in [0.15, 0.2) is 0 Å². The highest BCUT2D eigenvalue weighted by Gasteiger charge is 2.18. The summed E-state index contributed by atoms with van der Waals surface area (Å²) in [6.45, 7) is 1.65. The van der Waals surface area contributed by atoms with E-state index in [1.54, 1.807) is 29.8 Å². The maximum atomic E-state index is 12.0. The second kappa shape index (κ2) is 4.77. The molecule has 0 fully saturated rings. The molecule has 0 amide bonds. The zero-order valence-electron chi connectivity index (χ0n) is 9.00. The van der Waals surface area contributed by atoms with Gasteiger partial charge in [-0.3, -0.25) is 4.72 Å². The molecule has 0 bridgehead atoms. The normalized spacial score (nSPS) is 11.6. The summed E-state index contributed by atoms with van der Waals surface area (Å²) >= 11 is 2.52. The lowest BCUT2D eigenvalue weighted by atomic mass is 10.3. The molecule has 0 aliphatic rings. The topological polar surface area (TPSA) is 66.4 Å². The van der Waals surface area contributed by atoms with E-state index < -0.39 is 10.0 Å². The molecule has 0 aromatic carbocycles. The number of aliphatic hydroxyl groups is 1. The number of thiophene rings is 2. The van der Waals surface area contributed by atoms with Gasteiger partial charge < -0.3 is 5.11 Å². The van der Waals surface area contributed by atoms with E-state index in [1.807, 2.05) is 0 Å². The van der Waals surface area contributed by atoms with Gasteiger partial charge in [0.2, 0.25) is 0 Å². The van der Waals surface area contributed by atoms with Crippen molar-refractivity contribution in [3.05, 3.63) is 33.3 Å². The Kier molecular flexibility index (Phi) is 3.53. The average molecular weight is 289 g/mol. The van der Waals surface area contributed by atoms with E-state index in [2.05, 4.69) is 4.72 Å². The van der Waals surface area contributed by atoms with Crippen molar-refractivity contribution >= 4 is 38.4 Å². The van der Waals surface area contributed by atoms with E-state index in [4.69, 9.17) is 5.11 Å². The van der Waals surface area contributed by atoms with Gasteiger partial charge in [0.1, 0.15) is 4.21 Å². The average Bonchev–Trinajstić information content (AvgIpc) is 2.87. The molecule has 0 atom stereocenters. The summed E-state index contributed by atoms with van der Waals surface area (Å²) in [5.41, 5.74) is 1.36. The van der Waals surface area contributed by atoms with Crippen LogP contribution in [0.2, 0.25) is 0 Å². The number of rotatable bonds is 4. The van der Waals surface area contributed by atoms with E-state index in [0.29, 0.717) is 10.6 Å². The Bertz CT molecular complexity index is 599. The van der Waals surface area contributed by atoms with Crippen LogP contribution < -0.4 is 4.72 Å². The lowest BCUT2D eigenvalue weighted by Gasteiger charge is -2.02. The molecule has 2 aromatic rings. The highest BCUT2D eigenvalue weighted by atomic mass is 32.2. The largest absolute Gasteiger partial charge is 0.391 e. The zero-order chi connectivity index (χ0) is 12.5. The molecule has 0 aliphatic carbocycles. The molecular formula is C10H11NO3S3. The van der Waals surface area contributed by atoms with Gasteiger partial charge in [0.05, 0.1) is 12.3 Å². The predicted molar refractivity (Wildman–Crippen MR) is 70.1 cm³/mol. The molecule has 0 unspecified atom stereocenters. The predicted octanol–water partition coefficient (Wildman–Crippen LogP) is 2.41. The van der Waals surface area contributed by atoms with Crippen molar-refractivity contribution in [2.24, 2.45) is 0 Å². The van der Waals surface area contributed by atoms with Crippen LogP contribution in [0.15, 0.2) is 27.1 Å². The Morgan fingerprint density at radius 1 is 1.47 bits per heavy atom. The van der Waals surface area contributed by atoms with E-state index >= 15 is 0 Å². The van der Waals surface area contributed by atoms with Crippen LogP contribution in [0.25, 0.3) is 0 Å². The summed E-state index contributed by atoms with van der Waals surface area (Å²) in [6, 6.07) is 3.28. The van der Waals surface area contributed by atoms with Gasteiger partial charge in [-0.1, -0.05) is 0 Å². The molecule has 92 valence electrons. The van der Waals surface area contributed by atoms with Crippen molar-refractivity contribution in [2.45, 2.75) is 17.7 Å². The molecule has 0 spiro atoms. The molecule has 0 radical (unpaired) electrons. The Balaban J connectivity index is 2.31. The third-order valence-corrected chi connectivity index (χ3v) is 5.94. The van der Waals surface area contributed by atoms with Gasteiger partial charge in [-0.25, -0.2) is 8.42 Å². The third kappa shape index (κ3) is 2.68. The number of hydrogen-bond acceptors (Lipinski definition) is 5. The SMILES string of the molecule is Cc1cc(S(=O)(=O)Nc2ccsc2)sc1CO. The molecule has 4 nitrogen and oxygen atoms in total. The molecule has 0 saturated carbocycles. The van der Waals surface area contributed by atoms with Crippen LogP contribution in [0.1, 0.15) is 10.4 Å². The van der Waals surface area contributed by atoms with Crippen molar-refractivity contribution in [1.82, 2.24) is 0 Å². The summed E-state index contributed by atoms with van der Waals surface area (Å²) < 4.78 is 26.7. The fourth-order valence-electron chi connectivity index (χ4n) is 1.31. The lowest BCUT2D eigenvalue weighted by Crippen LogP contribution is -2.10. The van der Waals surface area contributed by atoms with Crippen LogP contribution in [-0.2, 0) is 16.6 Å². The summed E-state index contributed by atoms with van der Waals surface area (Å²) in [5.74, 6) is 0. The fourth-order valence-corrected chi connectivity index (χ4v) is 4.47. The number of anilines is 1. The van der Waals surface area contributed by atoms with Gasteiger partial charge in [-0.05, 0) is 30.0 Å². The van der Waals surface area contributed by atoms with E-state index in [9.17, 15) is 8.42 Å². The van der Waals surface area contributed by atoms with Crippen molar-refractivity contribution in [1.29, 1.82) is 0 Å². The highest BCUT2D eigenvalue weighted by Crippen LogP contribution is 2.28. The number of sulfonamides is 1. The van der Waals surface area contributed by atoms with Gasteiger partial charge in [-0.15, -0.1) is 11.3 Å². The second-order valence-electron chi connectivity index (χ2n) is 3.45. The minimum atomic E-state index is -3.53. The molecule has 17 heavy (non-hydrogen) atoms. The zero-order valence-corrected chi connectivity index (χ0v) is 11.5. The molecular weight excluding hydrogens is 278 g/mol. The van der Waals surface area contributed by atoms with Crippen molar-refractivity contribution in [3.8, 4) is 0 Å². The number of aliphatic hydroxyl groups excluding tert-OH is 1. The Morgan fingerprint density at radius 2 is 2.24 bits per heavy atom. The third-order valence-electron chi connectivity index (χ3n) is 2.18. The van der Waals surface area contributed by atoms with E-state index in [0.717, 1.165) is 16.9 Å². The number of nitrogens with one attached hydrogen (secondary N) is 1. The molecule has 0 aliphatic heterocycles. The van der Waals surface area contributed by atoms with E-state index in [-0.39, 0.29) is 10.8 Å². The molecule has 2 aromatic heterocycles. The molecule has 2 rings (SSSR count). The Hall–Kier alpha value is -0.890. The van der Waals surface area contributed by atoms with Crippen molar-refractivity contribution < 1.29 is 13.5 Å². The van der Waals surface area contributed by atoms with Gasteiger partial charge in [0.25, 0.3) is 10.0 Å². The first-order valence-corrected chi connectivity index (χ1v) is 8.02. The highest BCUT2D eigenvalue weighted by molar-refractivity contribution is 7.94. The summed E-state index contributed by atoms with van der Waals surface area (Å²) in [6.07, 6.45) is 0. The maximum Gasteiger partial charge on any atom is 0.271 e. The molecule has 2 N–H and O–H groups in total. The fraction of sp³-hybridized carbons (Fsp3) is 0.200. The van der Waals surface area contributed by atoms with Gasteiger partial charge >= 0.3 is 0 Å². The van der Waals surface area contributed by atoms with Gasteiger partial charge in [0, 0.05) is 10.3 Å². The summed E-state index contributed by atoms with van der Waals surface area (Å²) in [5, 5.41) is 12.6. The van der Waals surface area contributed by atoms with E-state index in [1.165, 1.54) is 11.3 Å². The number of hydrogen-bond donors (Lipinski definition) is 2. The van der Waals surface area contributed by atoms with Gasteiger partial charge in [-0.2, -0.15) is 11.3 Å². The van der Waals surface area contributed by atoms with Crippen LogP contribution in [0, 0.1) is 6.92 Å². The monoisotopic (exact) mass is 289 g/mol. The van der Waals surface area contributed by atoms with Crippen molar-refractivity contribution in [2.75, 3.05) is 4.72 Å². The standard InChI is InChI=1S/C10H11NO3S3/c1-7-4-10(16-9(7)5-12)17(13,14)11-8-2-3-15-6-8/h2-4,6,11-12H,5H2,1H3. The molecule has 7 heteroatoms. The summed E-state index contributed by atoms with van der Waals surface area (Å²) in [7, 11) is -3.53. The quantitative estimate of drug-likeness (QED) is 0.908. The Labute approximate surface area is 108 Å². The summed E-state index contributed by atoms with van der Waals surface area (Å²) in [4.78, 5) is 0.677. The molecule has 2 heterocycles. The first-order chi connectivity index (χ1) is 8.03. The van der Waals surface area contributed by atoms with Crippen LogP contribution in [0.5, 0.6) is 0 Å². The molecule has 0 saturated heterocycles.